The molecule has 1 fully saturated rings. The van der Waals surface area contributed by atoms with Gasteiger partial charge in [-0.1, -0.05) is 30.3 Å². The molecule has 0 aromatic heterocycles. The number of hydrogen-bond acceptors (Lipinski definition) is 5. The Bertz CT molecular complexity index is 1020. The summed E-state index contributed by atoms with van der Waals surface area (Å²) >= 11 is 0. The van der Waals surface area contributed by atoms with Crippen LogP contribution in [0.5, 0.6) is 5.75 Å². The first kappa shape index (κ1) is 22.1. The molecule has 10 heteroatoms. The third-order valence-electron chi connectivity index (χ3n) is 5.14. The van der Waals surface area contributed by atoms with E-state index in [1.165, 1.54) is 7.11 Å². The van der Waals surface area contributed by atoms with Crippen LogP contribution in [-0.4, -0.2) is 40.2 Å². The molecule has 1 heterocycles. The molecule has 1 saturated heterocycles. The summed E-state index contributed by atoms with van der Waals surface area (Å²) in [6, 6.07) is 11.6. The maximum absolute atomic E-state index is 13.3. The molecule has 1 aliphatic heterocycles. The molecule has 0 saturated carbocycles. The van der Waals surface area contributed by atoms with E-state index in [-0.39, 0.29) is 11.4 Å². The highest BCUT2D eigenvalue weighted by molar-refractivity contribution is 7.92. The lowest BCUT2D eigenvalue weighted by Crippen LogP contribution is -2.44. The number of methoxy groups -OCH3 is 1. The number of rotatable bonds is 5. The second kappa shape index (κ2) is 8.27. The average molecular weight is 443 g/mol. The Hall–Kier alpha value is -2.59. The van der Waals surface area contributed by atoms with Crippen LogP contribution in [0.4, 0.5) is 18.9 Å². The van der Waals surface area contributed by atoms with Gasteiger partial charge >= 0.3 is 5.51 Å². The van der Waals surface area contributed by atoms with Crippen LogP contribution in [0.2, 0.25) is 0 Å². The van der Waals surface area contributed by atoms with Crippen molar-refractivity contribution in [1.29, 1.82) is 0 Å². The Morgan fingerprint density at radius 3 is 2.30 bits per heavy atom. The molecule has 0 aliphatic carbocycles. The van der Waals surface area contributed by atoms with E-state index in [1.807, 2.05) is 6.07 Å². The highest BCUT2D eigenvalue weighted by atomic mass is 32.2. The summed E-state index contributed by atoms with van der Waals surface area (Å²) in [5.74, 6) is -0.434. The number of halogens is 3. The summed E-state index contributed by atoms with van der Waals surface area (Å²) in [5, 5.41) is 2.58. The number of ether oxygens (including phenoxy) is 2. The van der Waals surface area contributed by atoms with Crippen LogP contribution in [0.3, 0.4) is 0 Å². The van der Waals surface area contributed by atoms with Crippen molar-refractivity contribution < 1.29 is 35.9 Å². The first-order valence-corrected chi connectivity index (χ1v) is 10.5. The summed E-state index contributed by atoms with van der Waals surface area (Å²) in [6.45, 7) is 0.671. The zero-order chi connectivity index (χ0) is 22.0. The zero-order valence-electron chi connectivity index (χ0n) is 16.0. The number of amides is 1. The van der Waals surface area contributed by atoms with Crippen LogP contribution < -0.4 is 10.1 Å². The summed E-state index contributed by atoms with van der Waals surface area (Å²) in [7, 11) is -4.31. The van der Waals surface area contributed by atoms with E-state index < -0.39 is 31.6 Å². The SMILES string of the molecule is COc1ccc(S(=O)(=O)C(F)(F)F)cc1NC(=O)C1(c2ccccc2)CCOCC1. The second-order valence-corrected chi connectivity index (χ2v) is 8.77. The molecule has 162 valence electrons. The van der Waals surface area contributed by atoms with E-state index in [1.54, 1.807) is 24.3 Å². The smallest absolute Gasteiger partial charge is 0.495 e. The Kier molecular flexibility index (Phi) is 6.09. The van der Waals surface area contributed by atoms with Gasteiger partial charge in [0.25, 0.3) is 9.84 Å². The topological polar surface area (TPSA) is 81.7 Å². The first-order valence-electron chi connectivity index (χ1n) is 9.06. The highest BCUT2D eigenvalue weighted by Crippen LogP contribution is 2.39. The standard InChI is InChI=1S/C20H20F3NO5S/c1-28-17-8-7-15(30(26,27)20(21,22)23)13-16(17)24-18(25)19(9-11-29-12-10-19)14-5-3-2-4-6-14/h2-8,13H,9-12H2,1H3,(H,24,25). The largest absolute Gasteiger partial charge is 0.501 e. The van der Waals surface area contributed by atoms with Gasteiger partial charge in [0.1, 0.15) is 5.75 Å². The molecule has 0 bridgehead atoms. The molecule has 1 aliphatic rings. The number of carbonyl (C=O) groups is 1. The molecule has 2 aromatic rings. The van der Waals surface area contributed by atoms with Crippen molar-refractivity contribution in [3.63, 3.8) is 0 Å². The van der Waals surface area contributed by atoms with Gasteiger partial charge in [0.2, 0.25) is 5.91 Å². The summed E-state index contributed by atoms with van der Waals surface area (Å²) < 4.78 is 72.9. The highest BCUT2D eigenvalue weighted by Gasteiger charge is 2.47. The molecule has 1 amide bonds. The summed E-state index contributed by atoms with van der Waals surface area (Å²) in [5.41, 5.74) is -5.85. The molecular weight excluding hydrogens is 423 g/mol. The quantitative estimate of drug-likeness (QED) is 0.763. The Balaban J connectivity index is 2.01. The zero-order valence-corrected chi connectivity index (χ0v) is 16.8. The van der Waals surface area contributed by atoms with Gasteiger partial charge in [0, 0.05) is 13.2 Å². The normalized spacial score (nSPS) is 16.7. The number of benzene rings is 2. The predicted octanol–water partition coefficient (Wildman–Crippen LogP) is 3.68. The van der Waals surface area contributed by atoms with Gasteiger partial charge in [0.15, 0.2) is 0 Å². The van der Waals surface area contributed by atoms with E-state index in [9.17, 15) is 26.4 Å². The average Bonchev–Trinajstić information content (AvgIpc) is 2.74. The molecule has 0 unspecified atom stereocenters. The number of alkyl halides is 3. The van der Waals surface area contributed by atoms with Crippen LogP contribution in [0.15, 0.2) is 53.4 Å². The predicted molar refractivity (Wildman–Crippen MR) is 103 cm³/mol. The Morgan fingerprint density at radius 1 is 1.10 bits per heavy atom. The van der Waals surface area contributed by atoms with Crippen molar-refractivity contribution >= 4 is 21.4 Å². The molecule has 0 spiro atoms. The van der Waals surface area contributed by atoms with Crippen LogP contribution in [0.1, 0.15) is 18.4 Å². The molecular formula is C20H20F3NO5S. The van der Waals surface area contributed by atoms with Gasteiger partial charge in [-0.05, 0) is 36.6 Å². The fourth-order valence-electron chi connectivity index (χ4n) is 3.45. The van der Waals surface area contributed by atoms with Gasteiger partial charge in [-0.3, -0.25) is 4.79 Å². The number of hydrogen-bond donors (Lipinski definition) is 1. The number of anilines is 1. The second-order valence-electron chi connectivity index (χ2n) is 6.83. The van der Waals surface area contributed by atoms with Gasteiger partial charge in [-0.15, -0.1) is 0 Å². The van der Waals surface area contributed by atoms with E-state index in [2.05, 4.69) is 5.32 Å². The number of sulfone groups is 1. The Morgan fingerprint density at radius 2 is 1.73 bits per heavy atom. The van der Waals surface area contributed by atoms with Crippen molar-refractivity contribution in [2.75, 3.05) is 25.6 Å². The summed E-state index contributed by atoms with van der Waals surface area (Å²) in [4.78, 5) is 12.3. The maximum atomic E-state index is 13.3. The minimum atomic E-state index is -5.58. The lowest BCUT2D eigenvalue weighted by molar-refractivity contribution is -0.125. The van der Waals surface area contributed by atoms with E-state index in [4.69, 9.17) is 9.47 Å². The van der Waals surface area contributed by atoms with Crippen molar-refractivity contribution in [2.24, 2.45) is 0 Å². The summed E-state index contributed by atoms with van der Waals surface area (Å²) in [6.07, 6.45) is 0.734. The lowest BCUT2D eigenvalue weighted by Gasteiger charge is -2.36. The number of nitrogens with one attached hydrogen (secondary N) is 1. The number of carbonyl (C=O) groups excluding carboxylic acids is 1. The Labute approximate surface area is 171 Å². The minimum absolute atomic E-state index is 0.0414. The van der Waals surface area contributed by atoms with E-state index >= 15 is 0 Å². The first-order chi connectivity index (χ1) is 14.1. The van der Waals surface area contributed by atoms with Crippen molar-refractivity contribution in [3.8, 4) is 5.75 Å². The van der Waals surface area contributed by atoms with Gasteiger partial charge < -0.3 is 14.8 Å². The third-order valence-corrected chi connectivity index (χ3v) is 6.63. The third kappa shape index (κ3) is 4.01. The molecule has 0 radical (unpaired) electrons. The molecule has 2 aromatic carbocycles. The fraction of sp³-hybridized carbons (Fsp3) is 0.350. The van der Waals surface area contributed by atoms with Crippen LogP contribution in [-0.2, 0) is 24.8 Å². The molecule has 3 rings (SSSR count). The monoisotopic (exact) mass is 443 g/mol. The van der Waals surface area contributed by atoms with E-state index in [0.717, 1.165) is 23.8 Å². The minimum Gasteiger partial charge on any atom is -0.495 e. The lowest BCUT2D eigenvalue weighted by atomic mass is 9.73. The van der Waals surface area contributed by atoms with Crippen LogP contribution >= 0.6 is 0 Å². The van der Waals surface area contributed by atoms with Crippen LogP contribution in [0, 0.1) is 0 Å². The molecule has 30 heavy (non-hydrogen) atoms. The molecule has 0 atom stereocenters. The van der Waals surface area contributed by atoms with Crippen molar-refractivity contribution in [3.05, 3.63) is 54.1 Å². The van der Waals surface area contributed by atoms with Crippen molar-refractivity contribution in [1.82, 2.24) is 0 Å². The van der Waals surface area contributed by atoms with Crippen molar-refractivity contribution in [2.45, 2.75) is 28.7 Å². The van der Waals surface area contributed by atoms with Gasteiger partial charge in [0.05, 0.1) is 23.1 Å². The van der Waals surface area contributed by atoms with Gasteiger partial charge in [-0.25, -0.2) is 8.42 Å². The van der Waals surface area contributed by atoms with E-state index in [0.29, 0.717) is 26.1 Å². The maximum Gasteiger partial charge on any atom is 0.501 e. The molecule has 1 N–H and O–H groups in total. The fourth-order valence-corrected chi connectivity index (χ4v) is 4.24. The van der Waals surface area contributed by atoms with Gasteiger partial charge in [-0.2, -0.15) is 13.2 Å². The van der Waals surface area contributed by atoms with Crippen LogP contribution in [0.25, 0.3) is 0 Å². The molecule has 6 nitrogen and oxygen atoms in total.